The van der Waals surface area contributed by atoms with E-state index in [1.165, 1.54) is 26.0 Å². The Morgan fingerprint density at radius 1 is 1.13 bits per heavy atom. The van der Waals surface area contributed by atoms with Crippen molar-refractivity contribution in [2.75, 3.05) is 51.2 Å². The molecule has 6 heterocycles. The minimum atomic E-state index is -4.83. The summed E-state index contributed by atoms with van der Waals surface area (Å²) in [6, 6.07) is 1.84. The van der Waals surface area contributed by atoms with E-state index >= 15 is 4.39 Å². The molecular formula is C29H34F6N8O2. The summed E-state index contributed by atoms with van der Waals surface area (Å²) < 4.78 is 85.9. The van der Waals surface area contributed by atoms with E-state index in [0.717, 1.165) is 58.2 Å². The van der Waals surface area contributed by atoms with Crippen LogP contribution in [0.3, 0.4) is 0 Å². The Balaban J connectivity index is 0.000000205. The molecule has 2 atom stereocenters. The highest BCUT2D eigenvalue weighted by atomic mass is 19.4. The zero-order chi connectivity index (χ0) is 32.9. The topological polar surface area (TPSA) is 114 Å². The number of likely N-dealkylation sites (tertiary alicyclic amines) is 1. The first-order valence-electron chi connectivity index (χ1n) is 14.3. The number of hydrogen-bond donors (Lipinski definition) is 1. The van der Waals surface area contributed by atoms with Gasteiger partial charge in [0.1, 0.15) is 28.9 Å². The van der Waals surface area contributed by atoms with Gasteiger partial charge < -0.3 is 15.4 Å². The van der Waals surface area contributed by atoms with Gasteiger partial charge in [-0.1, -0.05) is 11.1 Å². The molecule has 3 aliphatic rings. The molecule has 3 aromatic heterocycles. The summed E-state index contributed by atoms with van der Waals surface area (Å²) in [6.45, 7) is 7.11. The lowest BCUT2D eigenvalue weighted by atomic mass is 10.1. The molecule has 0 aliphatic carbocycles. The summed E-state index contributed by atoms with van der Waals surface area (Å²) >= 11 is 0. The van der Waals surface area contributed by atoms with E-state index in [0.29, 0.717) is 18.7 Å². The van der Waals surface area contributed by atoms with Crippen LogP contribution in [-0.2, 0) is 11.0 Å². The second-order valence-corrected chi connectivity index (χ2v) is 10.7. The van der Waals surface area contributed by atoms with Gasteiger partial charge in [-0.25, -0.2) is 13.8 Å². The fourth-order valence-electron chi connectivity index (χ4n) is 5.49. The quantitative estimate of drug-likeness (QED) is 0.235. The molecule has 2 N–H and O–H groups in total. The number of amides is 1. The minimum Gasteiger partial charge on any atom is -0.467 e. The van der Waals surface area contributed by atoms with Gasteiger partial charge in [0.2, 0.25) is 5.91 Å². The monoisotopic (exact) mass is 640 g/mol. The van der Waals surface area contributed by atoms with Crippen LogP contribution in [0.4, 0.5) is 38.1 Å². The van der Waals surface area contributed by atoms with E-state index in [2.05, 4.69) is 31.4 Å². The van der Waals surface area contributed by atoms with E-state index in [4.69, 9.17) is 10.5 Å². The number of alkyl halides is 4. The number of methoxy groups -OCH3 is 1. The number of nitrogens with two attached hydrogens (primary N) is 1. The summed E-state index contributed by atoms with van der Waals surface area (Å²) in [7, 11) is 2.17. The number of anilines is 2. The predicted molar refractivity (Wildman–Crippen MR) is 156 cm³/mol. The summed E-state index contributed by atoms with van der Waals surface area (Å²) in [5, 5.41) is -0.0905. The number of pyridine rings is 2. The van der Waals surface area contributed by atoms with Crippen LogP contribution in [0.15, 0.2) is 31.0 Å². The van der Waals surface area contributed by atoms with Crippen molar-refractivity contribution in [3.8, 4) is 17.4 Å². The zero-order valence-corrected chi connectivity index (χ0v) is 24.8. The number of carbonyl (C=O) groups is 1. The maximum Gasteiger partial charge on any atom is 0.418 e. The van der Waals surface area contributed by atoms with Crippen molar-refractivity contribution < 1.29 is 36.0 Å². The third-order valence-corrected chi connectivity index (χ3v) is 7.62. The highest BCUT2D eigenvalue weighted by Gasteiger charge is 2.37. The van der Waals surface area contributed by atoms with E-state index in [9.17, 15) is 26.8 Å². The summed E-state index contributed by atoms with van der Waals surface area (Å²) in [4.78, 5) is 29.7. The SMILES string of the molecule is C=CC(=O)N1CCCC1.COc1nc(N(C)F)c2cnc(-c3nc(N)ccc3C(F)(F)F)c(F)c2n1.FC1CC2CCCN2C1. The third-order valence-electron chi connectivity index (χ3n) is 7.62. The number of ether oxygens (including phenoxy) is 1. The molecule has 45 heavy (non-hydrogen) atoms. The van der Waals surface area contributed by atoms with E-state index in [1.807, 2.05) is 4.90 Å². The van der Waals surface area contributed by atoms with Crippen LogP contribution in [0.25, 0.3) is 22.3 Å². The van der Waals surface area contributed by atoms with Crippen molar-refractivity contribution in [3.63, 3.8) is 0 Å². The van der Waals surface area contributed by atoms with Crippen LogP contribution in [0, 0.1) is 5.82 Å². The van der Waals surface area contributed by atoms with Crippen molar-refractivity contribution >= 4 is 28.4 Å². The molecule has 244 valence electrons. The van der Waals surface area contributed by atoms with Crippen LogP contribution in [0.2, 0.25) is 0 Å². The fourth-order valence-corrected chi connectivity index (χ4v) is 5.49. The molecule has 0 aromatic carbocycles. The highest BCUT2D eigenvalue weighted by molar-refractivity contribution is 5.91. The molecule has 2 unspecified atom stereocenters. The highest BCUT2D eigenvalue weighted by Crippen LogP contribution is 2.38. The summed E-state index contributed by atoms with van der Waals surface area (Å²) in [6.07, 6.45) is 2.62. The van der Waals surface area contributed by atoms with Gasteiger partial charge in [0.25, 0.3) is 0 Å². The summed E-state index contributed by atoms with van der Waals surface area (Å²) in [5.74, 6) is -1.80. The third kappa shape index (κ3) is 7.90. The molecule has 0 saturated carbocycles. The van der Waals surface area contributed by atoms with Crippen LogP contribution >= 0.6 is 0 Å². The molecule has 0 spiro atoms. The average molecular weight is 641 g/mol. The summed E-state index contributed by atoms with van der Waals surface area (Å²) in [5.41, 5.74) is 2.19. The second-order valence-electron chi connectivity index (χ2n) is 10.7. The number of halogens is 6. The lowest BCUT2D eigenvalue weighted by Crippen LogP contribution is -2.25. The molecule has 16 heteroatoms. The maximum atomic E-state index is 15.0. The number of hydrogen-bond acceptors (Lipinski definition) is 9. The first-order chi connectivity index (χ1) is 21.3. The van der Waals surface area contributed by atoms with Crippen molar-refractivity contribution in [3.05, 3.63) is 42.4 Å². The van der Waals surface area contributed by atoms with E-state index < -0.39 is 40.6 Å². The van der Waals surface area contributed by atoms with Gasteiger partial charge in [-0.3, -0.25) is 14.7 Å². The van der Waals surface area contributed by atoms with Gasteiger partial charge in [0.15, 0.2) is 11.6 Å². The van der Waals surface area contributed by atoms with Crippen LogP contribution < -0.4 is 15.6 Å². The molecule has 3 saturated heterocycles. The number of aromatic nitrogens is 4. The maximum absolute atomic E-state index is 15.0. The standard InChI is InChI=1S/C15H11F5N6O.C7H12FN.C7H11NO/c1-26(20)13-6-5-22-12(9(16)10(6)24-14(25-13)27-2)11-7(15(17,18)19)3-4-8(21)23-11;8-6-4-7-2-1-3-9(7)5-6;1-2-7(9)8-5-3-4-6-8/h3-5H,1-2H3,(H2,21,23);6-7H,1-5H2;2H,1,3-6H2. The number of rotatable bonds is 4. The number of nitrogen functional groups attached to an aromatic ring is 1. The van der Waals surface area contributed by atoms with E-state index in [1.54, 1.807) is 0 Å². The zero-order valence-electron chi connectivity index (χ0n) is 24.8. The Labute approximate surface area is 255 Å². The molecule has 3 aliphatic heterocycles. The molecule has 6 rings (SSSR count). The molecule has 3 aromatic rings. The van der Waals surface area contributed by atoms with Crippen LogP contribution in [0.5, 0.6) is 6.01 Å². The Morgan fingerprint density at radius 3 is 2.44 bits per heavy atom. The Bertz CT molecular complexity index is 1500. The Hall–Kier alpha value is -4.21. The first kappa shape index (κ1) is 33.7. The van der Waals surface area contributed by atoms with E-state index in [-0.39, 0.29) is 34.1 Å². The van der Waals surface area contributed by atoms with Crippen molar-refractivity contribution in [2.24, 2.45) is 0 Å². The molecular weight excluding hydrogens is 606 g/mol. The number of nitrogens with zero attached hydrogens (tertiary/aromatic N) is 7. The van der Waals surface area contributed by atoms with Crippen LogP contribution in [-0.4, -0.2) is 88.2 Å². The molecule has 0 radical (unpaired) electrons. The molecule has 0 bridgehead atoms. The normalized spacial score (nSPS) is 19.3. The van der Waals surface area contributed by atoms with Gasteiger partial charge in [0, 0.05) is 38.9 Å². The van der Waals surface area contributed by atoms with Crippen LogP contribution in [0.1, 0.15) is 37.7 Å². The first-order valence-corrected chi connectivity index (χ1v) is 14.3. The molecule has 1 amide bonds. The van der Waals surface area contributed by atoms with Gasteiger partial charge in [-0.2, -0.15) is 28.3 Å². The lowest BCUT2D eigenvalue weighted by Gasteiger charge is -2.15. The van der Waals surface area contributed by atoms with Crippen molar-refractivity contribution in [1.82, 2.24) is 29.7 Å². The smallest absolute Gasteiger partial charge is 0.418 e. The van der Waals surface area contributed by atoms with Crippen molar-refractivity contribution in [1.29, 1.82) is 0 Å². The van der Waals surface area contributed by atoms with Gasteiger partial charge in [0.05, 0.1) is 18.1 Å². The fraction of sp³-hybridized carbons (Fsp3) is 0.483. The molecule has 3 fully saturated rings. The van der Waals surface area contributed by atoms with Crippen molar-refractivity contribution in [2.45, 2.75) is 50.5 Å². The Morgan fingerprint density at radius 2 is 1.84 bits per heavy atom. The average Bonchev–Trinajstić information content (AvgIpc) is 3.75. The molecule has 10 nitrogen and oxygen atoms in total. The van der Waals surface area contributed by atoms with Gasteiger partial charge in [-0.05, 0) is 56.9 Å². The number of fused-ring (bicyclic) bond motifs is 2. The predicted octanol–water partition coefficient (Wildman–Crippen LogP) is 5.14. The minimum absolute atomic E-state index is 0.0764. The van der Waals surface area contributed by atoms with Gasteiger partial charge >= 0.3 is 12.2 Å². The van der Waals surface area contributed by atoms with Gasteiger partial charge in [-0.15, -0.1) is 0 Å². The second kappa shape index (κ2) is 14.3. The Kier molecular flexibility index (Phi) is 10.7. The largest absolute Gasteiger partial charge is 0.467 e. The number of carbonyl (C=O) groups excluding carboxylic acids is 1. The lowest BCUT2D eigenvalue weighted by molar-refractivity contribution is -0.137.